The van der Waals surface area contributed by atoms with Crippen LogP contribution in [0, 0.1) is 0 Å². The molecule has 3 N–H and O–H groups in total. The zero-order valence-electron chi connectivity index (χ0n) is 11.4. The number of piperidine rings is 1. The van der Waals surface area contributed by atoms with Gasteiger partial charge in [0.05, 0.1) is 23.9 Å². The molecule has 6 nitrogen and oxygen atoms in total. The van der Waals surface area contributed by atoms with Gasteiger partial charge in [-0.3, -0.25) is 0 Å². The third-order valence-corrected chi connectivity index (χ3v) is 4.05. The zero-order valence-corrected chi connectivity index (χ0v) is 13.0. The highest BCUT2D eigenvalue weighted by molar-refractivity contribution is 9.10. The van der Waals surface area contributed by atoms with Crippen LogP contribution in [0.25, 0.3) is 0 Å². The third-order valence-electron chi connectivity index (χ3n) is 3.55. The standard InChI is InChI=1S/C14H17BrN2O4/c15-9-4-5-11(13(19)20)12(7-9)16-14(21)17-6-2-1-3-10(17)8-18/h4-5,7,10,18H,1-3,6,8H2,(H,16,21)(H,19,20). The van der Waals surface area contributed by atoms with Crippen LogP contribution < -0.4 is 5.32 Å². The van der Waals surface area contributed by atoms with Crippen LogP contribution in [0.4, 0.5) is 10.5 Å². The number of hydrogen-bond acceptors (Lipinski definition) is 3. The largest absolute Gasteiger partial charge is 0.478 e. The maximum absolute atomic E-state index is 12.3. The Morgan fingerprint density at radius 1 is 1.38 bits per heavy atom. The van der Waals surface area contributed by atoms with E-state index in [4.69, 9.17) is 5.11 Å². The molecule has 1 atom stereocenters. The van der Waals surface area contributed by atoms with Gasteiger partial charge in [-0.25, -0.2) is 9.59 Å². The summed E-state index contributed by atoms with van der Waals surface area (Å²) in [5.74, 6) is -1.10. The van der Waals surface area contributed by atoms with Gasteiger partial charge in [-0.1, -0.05) is 15.9 Å². The van der Waals surface area contributed by atoms with E-state index in [1.807, 2.05) is 0 Å². The van der Waals surface area contributed by atoms with Crippen LogP contribution in [0.1, 0.15) is 29.6 Å². The van der Waals surface area contributed by atoms with E-state index in [2.05, 4.69) is 21.2 Å². The van der Waals surface area contributed by atoms with Crippen LogP contribution in [0.2, 0.25) is 0 Å². The summed E-state index contributed by atoms with van der Waals surface area (Å²) in [7, 11) is 0. The molecule has 0 aliphatic carbocycles. The Balaban J connectivity index is 2.18. The lowest BCUT2D eigenvalue weighted by Gasteiger charge is -2.34. The van der Waals surface area contributed by atoms with E-state index in [0.29, 0.717) is 11.0 Å². The van der Waals surface area contributed by atoms with Crippen molar-refractivity contribution in [1.29, 1.82) is 0 Å². The minimum atomic E-state index is -1.10. The fraction of sp³-hybridized carbons (Fsp3) is 0.429. The predicted molar refractivity (Wildman–Crippen MR) is 81.6 cm³/mol. The van der Waals surface area contributed by atoms with Crippen molar-refractivity contribution >= 4 is 33.6 Å². The first kappa shape index (κ1) is 15.8. The number of nitrogens with one attached hydrogen (secondary N) is 1. The molecule has 0 saturated carbocycles. The average molecular weight is 357 g/mol. The van der Waals surface area contributed by atoms with Gasteiger partial charge in [0.2, 0.25) is 0 Å². The van der Waals surface area contributed by atoms with Crippen LogP contribution in [0.3, 0.4) is 0 Å². The molecule has 0 aromatic heterocycles. The highest BCUT2D eigenvalue weighted by Crippen LogP contribution is 2.23. The fourth-order valence-electron chi connectivity index (χ4n) is 2.45. The minimum absolute atomic E-state index is 0.0316. The molecular formula is C14H17BrN2O4. The summed E-state index contributed by atoms with van der Waals surface area (Å²) in [4.78, 5) is 25.1. The molecule has 1 aliphatic heterocycles. The maximum Gasteiger partial charge on any atom is 0.337 e. The number of halogens is 1. The monoisotopic (exact) mass is 356 g/mol. The van der Waals surface area contributed by atoms with Crippen molar-refractivity contribution in [2.45, 2.75) is 25.3 Å². The molecule has 2 rings (SSSR count). The summed E-state index contributed by atoms with van der Waals surface area (Å²) in [5.41, 5.74) is 0.272. The van der Waals surface area contributed by atoms with Crippen LogP contribution in [0.15, 0.2) is 22.7 Å². The number of carboxylic acids is 1. The predicted octanol–water partition coefficient (Wildman–Crippen LogP) is 2.53. The quantitative estimate of drug-likeness (QED) is 0.776. The summed E-state index contributed by atoms with van der Waals surface area (Å²) < 4.78 is 0.681. The Kier molecular flexibility index (Phi) is 5.19. The van der Waals surface area contributed by atoms with Crippen LogP contribution in [-0.4, -0.2) is 46.3 Å². The topological polar surface area (TPSA) is 89.9 Å². The van der Waals surface area contributed by atoms with Crippen molar-refractivity contribution < 1.29 is 19.8 Å². The van der Waals surface area contributed by atoms with Gasteiger partial charge in [-0.05, 0) is 37.5 Å². The molecule has 1 aliphatic rings. The van der Waals surface area contributed by atoms with E-state index in [0.717, 1.165) is 19.3 Å². The number of carbonyl (C=O) groups excluding carboxylic acids is 1. The third kappa shape index (κ3) is 3.74. The number of amides is 2. The maximum atomic E-state index is 12.3. The second-order valence-corrected chi connectivity index (χ2v) is 5.87. The summed E-state index contributed by atoms with van der Waals surface area (Å²) >= 11 is 3.26. The van der Waals surface area contributed by atoms with E-state index in [1.165, 1.54) is 6.07 Å². The van der Waals surface area contributed by atoms with Crippen molar-refractivity contribution in [1.82, 2.24) is 4.90 Å². The van der Waals surface area contributed by atoms with Crippen LogP contribution in [-0.2, 0) is 0 Å². The number of aliphatic hydroxyl groups is 1. The first-order chi connectivity index (χ1) is 10.0. The number of nitrogens with zero attached hydrogens (tertiary/aromatic N) is 1. The second kappa shape index (κ2) is 6.91. The molecule has 1 heterocycles. The van der Waals surface area contributed by atoms with Crippen molar-refractivity contribution in [2.75, 3.05) is 18.5 Å². The normalized spacial score (nSPS) is 18.4. The first-order valence-corrected chi connectivity index (χ1v) is 7.53. The number of benzene rings is 1. The second-order valence-electron chi connectivity index (χ2n) is 4.95. The molecule has 0 radical (unpaired) electrons. The SMILES string of the molecule is O=C(O)c1ccc(Br)cc1NC(=O)N1CCCCC1CO. The van der Waals surface area contributed by atoms with Gasteiger partial charge < -0.3 is 20.4 Å². The number of likely N-dealkylation sites (tertiary alicyclic amines) is 1. The Morgan fingerprint density at radius 3 is 2.81 bits per heavy atom. The molecular weight excluding hydrogens is 340 g/mol. The van der Waals surface area contributed by atoms with Crippen LogP contribution in [0.5, 0.6) is 0 Å². The molecule has 1 saturated heterocycles. The number of hydrogen-bond donors (Lipinski definition) is 3. The summed E-state index contributed by atoms with van der Waals surface area (Å²) in [6.07, 6.45) is 2.62. The molecule has 1 aromatic rings. The van der Waals surface area contributed by atoms with Gasteiger partial charge in [-0.15, -0.1) is 0 Å². The fourth-order valence-corrected chi connectivity index (χ4v) is 2.81. The van der Waals surface area contributed by atoms with Gasteiger partial charge in [0, 0.05) is 11.0 Å². The molecule has 1 aromatic carbocycles. The minimum Gasteiger partial charge on any atom is -0.478 e. The summed E-state index contributed by atoms with van der Waals surface area (Å²) in [5, 5.41) is 21.1. The van der Waals surface area contributed by atoms with E-state index < -0.39 is 5.97 Å². The van der Waals surface area contributed by atoms with Crippen molar-refractivity contribution in [3.8, 4) is 0 Å². The van der Waals surface area contributed by atoms with Gasteiger partial charge in [0.1, 0.15) is 0 Å². The van der Waals surface area contributed by atoms with Gasteiger partial charge in [0.25, 0.3) is 0 Å². The molecule has 0 bridgehead atoms. The Bertz CT molecular complexity index is 550. The summed E-state index contributed by atoms with van der Waals surface area (Å²) in [6, 6.07) is 4.01. The smallest absolute Gasteiger partial charge is 0.337 e. The summed E-state index contributed by atoms with van der Waals surface area (Å²) in [6.45, 7) is 0.477. The average Bonchev–Trinajstić information content (AvgIpc) is 2.46. The number of urea groups is 1. The molecule has 0 spiro atoms. The lowest BCUT2D eigenvalue weighted by atomic mass is 10.0. The van der Waals surface area contributed by atoms with E-state index in [9.17, 15) is 14.7 Å². The number of carboxylic acid groups (broad SMARTS) is 1. The molecule has 7 heteroatoms. The van der Waals surface area contributed by atoms with E-state index in [-0.39, 0.29) is 29.9 Å². The molecule has 1 fully saturated rings. The highest BCUT2D eigenvalue weighted by Gasteiger charge is 2.26. The van der Waals surface area contributed by atoms with Crippen LogP contribution >= 0.6 is 15.9 Å². The van der Waals surface area contributed by atoms with Crippen molar-refractivity contribution in [3.63, 3.8) is 0 Å². The number of anilines is 1. The lowest BCUT2D eigenvalue weighted by Crippen LogP contribution is -2.47. The van der Waals surface area contributed by atoms with Gasteiger partial charge >= 0.3 is 12.0 Å². The zero-order chi connectivity index (χ0) is 15.4. The molecule has 2 amide bonds. The van der Waals surface area contributed by atoms with Crippen molar-refractivity contribution in [2.24, 2.45) is 0 Å². The van der Waals surface area contributed by atoms with Gasteiger partial charge in [-0.2, -0.15) is 0 Å². The number of aliphatic hydroxyl groups excluding tert-OH is 1. The Labute approximate surface area is 130 Å². The van der Waals surface area contributed by atoms with Gasteiger partial charge in [0.15, 0.2) is 0 Å². The number of aromatic carboxylic acids is 1. The van der Waals surface area contributed by atoms with E-state index in [1.54, 1.807) is 17.0 Å². The Morgan fingerprint density at radius 2 is 2.14 bits per heavy atom. The molecule has 21 heavy (non-hydrogen) atoms. The Hall–Kier alpha value is -1.60. The lowest BCUT2D eigenvalue weighted by molar-refractivity contribution is 0.0698. The molecule has 114 valence electrons. The first-order valence-electron chi connectivity index (χ1n) is 6.74. The van der Waals surface area contributed by atoms with Crippen molar-refractivity contribution in [3.05, 3.63) is 28.2 Å². The number of rotatable bonds is 3. The molecule has 1 unspecified atom stereocenters. The van der Waals surface area contributed by atoms with E-state index >= 15 is 0 Å². The highest BCUT2D eigenvalue weighted by atomic mass is 79.9. The number of carbonyl (C=O) groups is 2.